The molecule has 0 saturated carbocycles. The van der Waals surface area contributed by atoms with Crippen LogP contribution in [0.25, 0.3) is 10.8 Å². The van der Waals surface area contributed by atoms with Gasteiger partial charge in [-0.15, -0.1) is 0 Å². The molecule has 2 atom stereocenters. The minimum atomic E-state index is -0.510. The number of aryl methyl sites for hydroxylation is 1. The zero-order valence-electron chi connectivity index (χ0n) is 32.8. The first-order chi connectivity index (χ1) is 23.7. The maximum Gasteiger partial charge on any atom is 0.312 e. The van der Waals surface area contributed by atoms with Crippen molar-refractivity contribution in [3.63, 3.8) is 0 Å². The van der Waals surface area contributed by atoms with Crippen molar-refractivity contribution in [2.75, 3.05) is 36.5 Å². The van der Waals surface area contributed by atoms with Gasteiger partial charge in [0.2, 0.25) is 0 Å². The monoisotopic (exact) mass is 676 g/mol. The standard InChI is InChI=1S/C46H64N2O2/c1-11-48(12-2)37-27-25-36(26-28-37)42(35-23-21-34(3)22-24-35)40-29-30-41(39-20-16-15-19-38(39)40)47-31-17-13-14-18-32-50-43(49)46(10,45(7,8)9)33-44(4,5)6/h15-16,19-30,42,47H,11-14,17-18,31-33H2,1-10H3. The summed E-state index contributed by atoms with van der Waals surface area (Å²) in [6.45, 7) is 25.1. The number of hydrogen-bond donors (Lipinski definition) is 1. The van der Waals surface area contributed by atoms with Crippen molar-refractivity contribution in [1.29, 1.82) is 0 Å². The maximum atomic E-state index is 13.3. The van der Waals surface area contributed by atoms with Crippen LogP contribution in [0.15, 0.2) is 84.9 Å². The molecule has 2 unspecified atom stereocenters. The van der Waals surface area contributed by atoms with Crippen molar-refractivity contribution < 1.29 is 9.53 Å². The summed E-state index contributed by atoms with van der Waals surface area (Å²) in [6.07, 6.45) is 4.91. The molecule has 4 aromatic carbocycles. The van der Waals surface area contributed by atoms with Gasteiger partial charge in [-0.05, 0) is 104 Å². The highest BCUT2D eigenvalue weighted by Gasteiger charge is 2.47. The third-order valence-electron chi connectivity index (χ3n) is 10.6. The number of carbonyl (C=O) groups excluding carboxylic acids is 1. The fourth-order valence-electron chi connectivity index (χ4n) is 7.34. The second kappa shape index (κ2) is 16.9. The SMILES string of the molecule is CCN(CC)c1ccc(C(c2ccc(C)cc2)c2ccc(NCCCCCCOC(=O)C(C)(CC(C)(C)C)C(C)(C)C)c3ccccc23)cc1. The number of nitrogens with one attached hydrogen (secondary N) is 1. The molecule has 1 N–H and O–H groups in total. The average Bonchev–Trinajstić information content (AvgIpc) is 3.07. The summed E-state index contributed by atoms with van der Waals surface area (Å²) in [5.41, 5.74) is 7.04. The van der Waals surface area contributed by atoms with Gasteiger partial charge in [0.15, 0.2) is 0 Å². The van der Waals surface area contributed by atoms with Gasteiger partial charge in [0.1, 0.15) is 0 Å². The Kier molecular flexibility index (Phi) is 13.2. The van der Waals surface area contributed by atoms with Crippen LogP contribution in [0.1, 0.15) is 123 Å². The van der Waals surface area contributed by atoms with Crippen LogP contribution < -0.4 is 10.2 Å². The molecule has 0 aliphatic carbocycles. The molecule has 0 amide bonds. The van der Waals surface area contributed by atoms with Crippen molar-refractivity contribution >= 4 is 28.1 Å². The summed E-state index contributed by atoms with van der Waals surface area (Å²) in [4.78, 5) is 15.7. The molecule has 0 bridgehead atoms. The lowest BCUT2D eigenvalue weighted by Gasteiger charge is -2.43. The zero-order chi connectivity index (χ0) is 36.5. The third kappa shape index (κ3) is 9.71. The van der Waals surface area contributed by atoms with Crippen LogP contribution in [-0.2, 0) is 9.53 Å². The molecule has 0 aliphatic heterocycles. The van der Waals surface area contributed by atoms with Crippen molar-refractivity contribution in [3.8, 4) is 0 Å². The van der Waals surface area contributed by atoms with Crippen molar-refractivity contribution in [1.82, 2.24) is 0 Å². The number of nitrogens with zero attached hydrogens (tertiary/aromatic N) is 1. The number of unbranched alkanes of at least 4 members (excludes halogenated alkanes) is 3. The van der Waals surface area contributed by atoms with E-state index in [9.17, 15) is 4.79 Å². The summed E-state index contributed by atoms with van der Waals surface area (Å²) in [5, 5.41) is 6.29. The molecule has 0 fully saturated rings. The van der Waals surface area contributed by atoms with Crippen molar-refractivity contribution in [3.05, 3.63) is 107 Å². The summed E-state index contributed by atoms with van der Waals surface area (Å²) in [5.74, 6) is 0.0716. The van der Waals surface area contributed by atoms with Crippen LogP contribution in [0.5, 0.6) is 0 Å². The lowest BCUT2D eigenvalue weighted by molar-refractivity contribution is -0.164. The van der Waals surface area contributed by atoms with E-state index in [2.05, 4.69) is 164 Å². The number of anilines is 2. The molecule has 4 aromatic rings. The summed E-state index contributed by atoms with van der Waals surface area (Å²) >= 11 is 0. The Morgan fingerprint density at radius 2 is 1.30 bits per heavy atom. The van der Waals surface area contributed by atoms with Gasteiger partial charge in [0.05, 0.1) is 12.0 Å². The fourth-order valence-corrected chi connectivity index (χ4v) is 7.34. The minimum absolute atomic E-state index is 0.0556. The topological polar surface area (TPSA) is 41.6 Å². The Hall–Kier alpha value is -3.79. The van der Waals surface area contributed by atoms with Crippen LogP contribution in [0, 0.1) is 23.2 Å². The molecule has 4 heteroatoms. The van der Waals surface area contributed by atoms with Crippen molar-refractivity contribution in [2.24, 2.45) is 16.2 Å². The summed E-state index contributed by atoms with van der Waals surface area (Å²) in [6, 6.07) is 31.6. The Balaban J connectivity index is 1.41. The van der Waals surface area contributed by atoms with Crippen LogP contribution in [0.2, 0.25) is 0 Å². The molecule has 50 heavy (non-hydrogen) atoms. The predicted molar refractivity (Wildman–Crippen MR) is 216 cm³/mol. The number of hydrogen-bond acceptors (Lipinski definition) is 4. The highest BCUT2D eigenvalue weighted by atomic mass is 16.5. The van der Waals surface area contributed by atoms with Gasteiger partial charge in [0.25, 0.3) is 0 Å². The van der Waals surface area contributed by atoms with Gasteiger partial charge < -0.3 is 15.0 Å². The number of esters is 1. The third-order valence-corrected chi connectivity index (χ3v) is 10.6. The maximum absolute atomic E-state index is 13.3. The lowest BCUT2D eigenvalue weighted by atomic mass is 9.61. The van der Waals surface area contributed by atoms with Gasteiger partial charge in [-0.2, -0.15) is 0 Å². The number of fused-ring (bicyclic) bond motifs is 1. The summed E-state index contributed by atoms with van der Waals surface area (Å²) < 4.78 is 5.87. The van der Waals surface area contributed by atoms with E-state index < -0.39 is 5.41 Å². The number of ether oxygens (including phenoxy) is 1. The Labute approximate surface area is 304 Å². The van der Waals surface area contributed by atoms with Gasteiger partial charge in [-0.3, -0.25) is 4.79 Å². The summed E-state index contributed by atoms with van der Waals surface area (Å²) in [7, 11) is 0. The van der Waals surface area contributed by atoms with Crippen LogP contribution in [0.3, 0.4) is 0 Å². The van der Waals surface area contributed by atoms with E-state index in [-0.39, 0.29) is 22.7 Å². The average molecular weight is 677 g/mol. The molecule has 0 aliphatic rings. The number of benzene rings is 4. The van der Waals surface area contributed by atoms with Gasteiger partial charge in [0, 0.05) is 42.3 Å². The molecule has 0 spiro atoms. The number of carbonyl (C=O) groups is 1. The molecule has 270 valence electrons. The molecule has 4 nitrogen and oxygen atoms in total. The normalized spacial score (nSPS) is 13.9. The minimum Gasteiger partial charge on any atom is -0.465 e. The first kappa shape index (κ1) is 39.0. The molecular weight excluding hydrogens is 613 g/mol. The molecule has 0 aromatic heterocycles. The highest BCUT2D eigenvalue weighted by Crippen LogP contribution is 2.47. The van der Waals surface area contributed by atoms with Gasteiger partial charge >= 0.3 is 5.97 Å². The quantitative estimate of drug-likeness (QED) is 0.0728. The van der Waals surface area contributed by atoms with E-state index in [1.165, 1.54) is 44.4 Å². The molecular formula is C46H64N2O2. The molecule has 0 saturated heterocycles. The van der Waals surface area contributed by atoms with E-state index in [1.54, 1.807) is 0 Å². The molecule has 4 rings (SSSR count). The Bertz CT molecular complexity index is 1660. The molecule has 0 heterocycles. The largest absolute Gasteiger partial charge is 0.465 e. The lowest BCUT2D eigenvalue weighted by Crippen LogP contribution is -2.44. The van der Waals surface area contributed by atoms with Crippen molar-refractivity contribution in [2.45, 2.75) is 107 Å². The van der Waals surface area contributed by atoms with Crippen LogP contribution in [0.4, 0.5) is 11.4 Å². The van der Waals surface area contributed by atoms with E-state index in [1.807, 2.05) is 0 Å². The first-order valence-corrected chi connectivity index (χ1v) is 19.0. The fraction of sp³-hybridized carbons (Fsp3) is 0.500. The van der Waals surface area contributed by atoms with E-state index >= 15 is 0 Å². The Morgan fingerprint density at radius 3 is 1.88 bits per heavy atom. The molecule has 0 radical (unpaired) electrons. The second-order valence-corrected chi connectivity index (χ2v) is 16.7. The highest BCUT2D eigenvalue weighted by molar-refractivity contribution is 5.97. The second-order valence-electron chi connectivity index (χ2n) is 16.7. The Morgan fingerprint density at radius 1 is 0.720 bits per heavy atom. The van der Waals surface area contributed by atoms with Crippen LogP contribution >= 0.6 is 0 Å². The zero-order valence-corrected chi connectivity index (χ0v) is 32.8. The first-order valence-electron chi connectivity index (χ1n) is 19.0. The van der Waals surface area contributed by atoms with Crippen LogP contribution in [-0.4, -0.2) is 32.2 Å². The van der Waals surface area contributed by atoms with Gasteiger partial charge in [-0.1, -0.05) is 120 Å². The predicted octanol–water partition coefficient (Wildman–Crippen LogP) is 12.2. The smallest absolute Gasteiger partial charge is 0.312 e. The number of rotatable bonds is 16. The van der Waals surface area contributed by atoms with E-state index in [0.717, 1.165) is 51.7 Å². The van der Waals surface area contributed by atoms with Gasteiger partial charge in [-0.25, -0.2) is 0 Å². The van der Waals surface area contributed by atoms with E-state index in [0.29, 0.717) is 6.61 Å². The van der Waals surface area contributed by atoms with E-state index in [4.69, 9.17) is 4.74 Å².